The van der Waals surface area contributed by atoms with Crippen molar-refractivity contribution < 1.29 is 4.74 Å². The summed E-state index contributed by atoms with van der Waals surface area (Å²) in [5.74, 6) is 0. The zero-order valence-electron chi connectivity index (χ0n) is 11.1. The summed E-state index contributed by atoms with van der Waals surface area (Å²) in [4.78, 5) is 0. The van der Waals surface area contributed by atoms with Gasteiger partial charge in [-0.25, -0.2) is 0 Å². The minimum atomic E-state index is -0.308. The van der Waals surface area contributed by atoms with Gasteiger partial charge in [-0.15, -0.1) is 11.6 Å². The third kappa shape index (κ3) is 3.89. The molecule has 0 radical (unpaired) electrons. The van der Waals surface area contributed by atoms with Crippen molar-refractivity contribution in [3.05, 3.63) is 69.2 Å². The SMILES string of the molecule is COCCc1ccc(C(Cl)c2cc(Cl)ccc2Cl)cc1. The number of rotatable bonds is 5. The maximum atomic E-state index is 6.50. The Hall–Kier alpha value is -0.730. The Balaban J connectivity index is 2.20. The lowest BCUT2D eigenvalue weighted by Gasteiger charge is -2.13. The van der Waals surface area contributed by atoms with E-state index in [0.717, 1.165) is 17.5 Å². The highest BCUT2D eigenvalue weighted by Gasteiger charge is 2.14. The van der Waals surface area contributed by atoms with Crippen LogP contribution in [0, 0.1) is 0 Å². The van der Waals surface area contributed by atoms with Crippen LogP contribution in [-0.4, -0.2) is 13.7 Å². The largest absolute Gasteiger partial charge is 0.384 e. The average Bonchev–Trinajstić information content (AvgIpc) is 2.47. The van der Waals surface area contributed by atoms with E-state index in [1.165, 1.54) is 5.56 Å². The lowest BCUT2D eigenvalue weighted by Crippen LogP contribution is -1.97. The Bertz CT molecular complexity index is 566. The van der Waals surface area contributed by atoms with Crippen LogP contribution in [-0.2, 0) is 11.2 Å². The fraction of sp³-hybridized carbons (Fsp3) is 0.250. The second-order valence-corrected chi connectivity index (χ2v) is 5.79. The Kier molecular flexibility index (Phi) is 5.74. The van der Waals surface area contributed by atoms with E-state index >= 15 is 0 Å². The van der Waals surface area contributed by atoms with Crippen molar-refractivity contribution in [2.24, 2.45) is 0 Å². The van der Waals surface area contributed by atoms with E-state index in [2.05, 4.69) is 12.1 Å². The summed E-state index contributed by atoms with van der Waals surface area (Å²) < 4.78 is 5.06. The predicted molar refractivity (Wildman–Crippen MR) is 86.2 cm³/mol. The Labute approximate surface area is 134 Å². The summed E-state index contributed by atoms with van der Waals surface area (Å²) in [5, 5.41) is 0.947. The third-order valence-electron chi connectivity index (χ3n) is 3.10. The third-order valence-corrected chi connectivity index (χ3v) is 4.16. The van der Waals surface area contributed by atoms with Gasteiger partial charge >= 0.3 is 0 Å². The summed E-state index contributed by atoms with van der Waals surface area (Å²) in [5.41, 5.74) is 3.04. The predicted octanol–water partition coefficient (Wildman–Crippen LogP) is 5.51. The van der Waals surface area contributed by atoms with Crippen LogP contribution in [0.4, 0.5) is 0 Å². The molecule has 0 aliphatic heterocycles. The van der Waals surface area contributed by atoms with Crippen LogP contribution < -0.4 is 0 Å². The van der Waals surface area contributed by atoms with Crippen LogP contribution in [0.5, 0.6) is 0 Å². The topological polar surface area (TPSA) is 9.23 Å². The summed E-state index contributed by atoms with van der Waals surface area (Å²) >= 11 is 18.7. The van der Waals surface area contributed by atoms with Crippen LogP contribution in [0.25, 0.3) is 0 Å². The minimum absolute atomic E-state index is 0.308. The molecule has 0 aromatic heterocycles. The van der Waals surface area contributed by atoms with E-state index in [1.807, 2.05) is 12.1 Å². The molecular weight excluding hydrogens is 315 g/mol. The van der Waals surface area contributed by atoms with Crippen molar-refractivity contribution in [1.82, 2.24) is 0 Å². The van der Waals surface area contributed by atoms with Gasteiger partial charge < -0.3 is 4.74 Å². The second-order valence-electron chi connectivity index (χ2n) is 4.51. The van der Waals surface area contributed by atoms with Gasteiger partial charge in [-0.2, -0.15) is 0 Å². The van der Waals surface area contributed by atoms with Gasteiger partial charge in [0.2, 0.25) is 0 Å². The van der Waals surface area contributed by atoms with Crippen molar-refractivity contribution in [2.75, 3.05) is 13.7 Å². The fourth-order valence-electron chi connectivity index (χ4n) is 1.96. The molecule has 1 nitrogen and oxygen atoms in total. The zero-order valence-corrected chi connectivity index (χ0v) is 13.3. The number of benzene rings is 2. The van der Waals surface area contributed by atoms with Crippen molar-refractivity contribution in [2.45, 2.75) is 11.8 Å². The molecule has 0 spiro atoms. The molecule has 2 aromatic rings. The van der Waals surface area contributed by atoms with Gasteiger partial charge in [0.15, 0.2) is 0 Å². The molecule has 106 valence electrons. The van der Waals surface area contributed by atoms with Crippen LogP contribution in [0.15, 0.2) is 42.5 Å². The molecule has 0 amide bonds. The number of ether oxygens (including phenoxy) is 1. The smallest absolute Gasteiger partial charge is 0.0850 e. The number of hydrogen-bond acceptors (Lipinski definition) is 1. The highest BCUT2D eigenvalue weighted by Crippen LogP contribution is 2.35. The molecule has 4 heteroatoms. The molecule has 0 aliphatic carbocycles. The molecule has 1 unspecified atom stereocenters. The molecule has 2 rings (SSSR count). The van der Waals surface area contributed by atoms with Crippen LogP contribution in [0.3, 0.4) is 0 Å². The summed E-state index contributed by atoms with van der Waals surface area (Å²) in [6.07, 6.45) is 0.891. The number of alkyl halides is 1. The van der Waals surface area contributed by atoms with Crippen LogP contribution in [0.2, 0.25) is 10.0 Å². The van der Waals surface area contributed by atoms with Gasteiger partial charge in [-0.05, 0) is 41.3 Å². The molecule has 0 aliphatic rings. The Morgan fingerprint density at radius 2 is 1.75 bits per heavy atom. The number of hydrogen-bond donors (Lipinski definition) is 0. The summed E-state index contributed by atoms with van der Waals surface area (Å²) in [6, 6.07) is 13.5. The quantitative estimate of drug-likeness (QED) is 0.657. The first kappa shape index (κ1) is 15.7. The van der Waals surface area contributed by atoms with Crippen LogP contribution in [0.1, 0.15) is 22.1 Å². The Morgan fingerprint density at radius 3 is 2.40 bits per heavy atom. The first-order valence-electron chi connectivity index (χ1n) is 6.28. The molecule has 0 heterocycles. The summed E-state index contributed by atoms with van der Waals surface area (Å²) in [7, 11) is 1.70. The van der Waals surface area contributed by atoms with Gasteiger partial charge in [0.05, 0.1) is 12.0 Å². The molecule has 0 saturated heterocycles. The number of halogens is 3. The van der Waals surface area contributed by atoms with Gasteiger partial charge in [0, 0.05) is 17.2 Å². The molecule has 0 bridgehead atoms. The van der Waals surface area contributed by atoms with Gasteiger partial charge in [-0.1, -0.05) is 47.5 Å². The van der Waals surface area contributed by atoms with E-state index in [4.69, 9.17) is 39.5 Å². The van der Waals surface area contributed by atoms with Crippen molar-refractivity contribution >= 4 is 34.8 Å². The van der Waals surface area contributed by atoms with Gasteiger partial charge in [-0.3, -0.25) is 0 Å². The van der Waals surface area contributed by atoms with Crippen molar-refractivity contribution in [1.29, 1.82) is 0 Å². The van der Waals surface area contributed by atoms with E-state index < -0.39 is 0 Å². The zero-order chi connectivity index (χ0) is 14.5. The maximum absolute atomic E-state index is 6.50. The van der Waals surface area contributed by atoms with E-state index in [0.29, 0.717) is 16.7 Å². The monoisotopic (exact) mass is 328 g/mol. The standard InChI is InChI=1S/C16H15Cl3O/c1-20-9-8-11-2-4-12(5-3-11)16(19)14-10-13(17)6-7-15(14)18/h2-7,10,16H,8-9H2,1H3. The molecular formula is C16H15Cl3O. The first-order valence-corrected chi connectivity index (χ1v) is 7.48. The molecule has 0 saturated carbocycles. The first-order chi connectivity index (χ1) is 9.61. The van der Waals surface area contributed by atoms with Crippen molar-refractivity contribution in [3.63, 3.8) is 0 Å². The van der Waals surface area contributed by atoms with Crippen molar-refractivity contribution in [3.8, 4) is 0 Å². The Morgan fingerprint density at radius 1 is 1.05 bits per heavy atom. The molecule has 2 aromatic carbocycles. The highest BCUT2D eigenvalue weighted by atomic mass is 35.5. The van der Waals surface area contributed by atoms with Crippen LogP contribution >= 0.6 is 34.8 Å². The van der Waals surface area contributed by atoms with Gasteiger partial charge in [0.25, 0.3) is 0 Å². The van der Waals surface area contributed by atoms with E-state index in [1.54, 1.807) is 25.3 Å². The maximum Gasteiger partial charge on any atom is 0.0850 e. The second kappa shape index (κ2) is 7.33. The normalized spacial score (nSPS) is 12.4. The fourth-order valence-corrected chi connectivity index (χ4v) is 2.75. The number of methoxy groups -OCH3 is 1. The molecule has 0 N–H and O–H groups in total. The lowest BCUT2D eigenvalue weighted by molar-refractivity contribution is 0.202. The van der Waals surface area contributed by atoms with Gasteiger partial charge in [0.1, 0.15) is 0 Å². The molecule has 0 fully saturated rings. The van der Waals surface area contributed by atoms with E-state index in [9.17, 15) is 0 Å². The molecule has 1 atom stereocenters. The molecule has 20 heavy (non-hydrogen) atoms. The summed E-state index contributed by atoms with van der Waals surface area (Å²) in [6.45, 7) is 0.712. The van der Waals surface area contributed by atoms with E-state index in [-0.39, 0.29) is 5.38 Å². The highest BCUT2D eigenvalue weighted by molar-refractivity contribution is 6.35. The minimum Gasteiger partial charge on any atom is -0.384 e. The average molecular weight is 330 g/mol. The lowest BCUT2D eigenvalue weighted by atomic mass is 10.0.